The Morgan fingerprint density at radius 2 is 1.73 bits per heavy atom. The van der Waals surface area contributed by atoms with E-state index in [-0.39, 0.29) is 10.8 Å². The van der Waals surface area contributed by atoms with E-state index >= 15 is 0 Å². The normalized spacial score (nSPS) is 11.2. The first kappa shape index (κ1) is 20.0. The molecule has 0 aliphatic rings. The van der Waals surface area contributed by atoms with Crippen LogP contribution in [0.1, 0.15) is 41.3 Å². The summed E-state index contributed by atoms with van der Waals surface area (Å²) in [6.45, 7) is 6.46. The summed E-state index contributed by atoms with van der Waals surface area (Å²) in [5, 5.41) is 0. The molecule has 0 aromatic heterocycles. The van der Waals surface area contributed by atoms with Crippen LogP contribution in [0.25, 0.3) is 0 Å². The number of sulfonamides is 1. The minimum absolute atomic E-state index is 0.0796. The Balaban J connectivity index is 2.29. The van der Waals surface area contributed by atoms with Gasteiger partial charge in [0.15, 0.2) is 0 Å². The number of amides is 1. The molecule has 1 N–H and O–H groups in total. The van der Waals surface area contributed by atoms with Gasteiger partial charge in [-0.1, -0.05) is 37.1 Å². The van der Waals surface area contributed by atoms with Crippen molar-refractivity contribution in [1.29, 1.82) is 0 Å². The predicted molar refractivity (Wildman–Crippen MR) is 105 cm³/mol. The highest BCUT2D eigenvalue weighted by atomic mass is 32.2. The average molecular weight is 375 g/mol. The summed E-state index contributed by atoms with van der Waals surface area (Å²) < 4.78 is 27.9. The molecule has 6 heteroatoms. The van der Waals surface area contributed by atoms with Gasteiger partial charge in [0.1, 0.15) is 0 Å². The number of nitrogens with one attached hydrogen (secondary N) is 1. The van der Waals surface area contributed by atoms with Gasteiger partial charge >= 0.3 is 0 Å². The number of carbonyl (C=O) groups is 1. The lowest BCUT2D eigenvalue weighted by Crippen LogP contribution is -2.28. The Kier molecular flexibility index (Phi) is 6.42. The fourth-order valence-electron chi connectivity index (χ4n) is 2.54. The zero-order chi connectivity index (χ0) is 19.3. The molecule has 2 aromatic rings. The summed E-state index contributed by atoms with van der Waals surface area (Å²) in [5.41, 5.74) is 2.71. The van der Waals surface area contributed by atoms with E-state index in [9.17, 15) is 13.2 Å². The molecule has 0 bridgehead atoms. The van der Waals surface area contributed by atoms with Crippen molar-refractivity contribution in [2.24, 2.45) is 0 Å². The summed E-state index contributed by atoms with van der Waals surface area (Å²) in [6.07, 6.45) is 1.90. The summed E-state index contributed by atoms with van der Waals surface area (Å²) in [4.78, 5) is 14.4. The second-order valence-corrected chi connectivity index (χ2v) is 8.21. The number of aryl methyl sites for hydroxylation is 2. The molecule has 1 amide bonds. The molecule has 0 radical (unpaired) electrons. The number of hydrogen-bond donors (Lipinski definition) is 1. The largest absolute Gasteiger partial charge is 0.342 e. The third-order valence-corrected chi connectivity index (χ3v) is 5.63. The van der Waals surface area contributed by atoms with Crippen LogP contribution in [0.15, 0.2) is 47.4 Å². The van der Waals surface area contributed by atoms with Crippen molar-refractivity contribution < 1.29 is 13.2 Å². The topological polar surface area (TPSA) is 66.5 Å². The number of carbonyl (C=O) groups excluding carboxylic acids is 1. The molecule has 0 aliphatic carbocycles. The molecule has 0 atom stereocenters. The molecule has 0 aliphatic heterocycles. The molecular weight excluding hydrogens is 348 g/mol. The Hall–Kier alpha value is -2.34. The van der Waals surface area contributed by atoms with Crippen LogP contribution >= 0.6 is 0 Å². The molecule has 2 aromatic carbocycles. The number of rotatable bonds is 7. The van der Waals surface area contributed by atoms with Gasteiger partial charge in [-0.05, 0) is 50.1 Å². The Morgan fingerprint density at radius 3 is 2.35 bits per heavy atom. The molecule has 0 saturated carbocycles. The fraction of sp³-hybridized carbons (Fsp3) is 0.350. The summed E-state index contributed by atoms with van der Waals surface area (Å²) in [6, 6.07) is 11.8. The van der Waals surface area contributed by atoms with E-state index in [1.54, 1.807) is 30.1 Å². The van der Waals surface area contributed by atoms with Gasteiger partial charge in [0.05, 0.1) is 4.90 Å². The van der Waals surface area contributed by atoms with E-state index in [1.165, 1.54) is 12.1 Å². The minimum atomic E-state index is -3.76. The third kappa shape index (κ3) is 4.85. The second kappa shape index (κ2) is 8.36. The van der Waals surface area contributed by atoms with Crippen LogP contribution in [-0.2, 0) is 10.0 Å². The maximum Gasteiger partial charge on any atom is 0.261 e. The third-order valence-electron chi connectivity index (χ3n) is 4.25. The van der Waals surface area contributed by atoms with Gasteiger partial charge in [-0.2, -0.15) is 0 Å². The van der Waals surface area contributed by atoms with Crippen molar-refractivity contribution in [3.63, 3.8) is 0 Å². The van der Waals surface area contributed by atoms with Gasteiger partial charge in [0, 0.05) is 24.8 Å². The highest BCUT2D eigenvalue weighted by Gasteiger charge is 2.20. The van der Waals surface area contributed by atoms with E-state index < -0.39 is 10.0 Å². The molecule has 0 unspecified atom stereocenters. The van der Waals surface area contributed by atoms with Crippen molar-refractivity contribution in [2.75, 3.05) is 18.3 Å². The van der Waals surface area contributed by atoms with Gasteiger partial charge in [-0.3, -0.25) is 9.52 Å². The Morgan fingerprint density at radius 1 is 1.08 bits per heavy atom. The first-order chi connectivity index (χ1) is 12.2. The zero-order valence-electron chi connectivity index (χ0n) is 15.7. The van der Waals surface area contributed by atoms with E-state index in [4.69, 9.17) is 0 Å². The van der Waals surface area contributed by atoms with Crippen molar-refractivity contribution in [3.8, 4) is 0 Å². The molecule has 0 heterocycles. The van der Waals surface area contributed by atoms with Crippen LogP contribution in [-0.4, -0.2) is 32.8 Å². The second-order valence-electron chi connectivity index (χ2n) is 6.53. The molecule has 0 fully saturated rings. The minimum Gasteiger partial charge on any atom is -0.342 e. The Bertz CT molecular complexity index is 874. The summed E-state index contributed by atoms with van der Waals surface area (Å²) in [5.74, 6) is -0.164. The van der Waals surface area contributed by atoms with Crippen LogP contribution in [0.3, 0.4) is 0 Å². The average Bonchev–Trinajstić information content (AvgIpc) is 2.61. The molecule has 0 saturated heterocycles. The van der Waals surface area contributed by atoms with Gasteiger partial charge in [-0.15, -0.1) is 0 Å². The van der Waals surface area contributed by atoms with Gasteiger partial charge in [0.2, 0.25) is 0 Å². The van der Waals surface area contributed by atoms with Crippen molar-refractivity contribution in [2.45, 2.75) is 38.5 Å². The van der Waals surface area contributed by atoms with Crippen molar-refractivity contribution in [3.05, 3.63) is 59.2 Å². The molecule has 26 heavy (non-hydrogen) atoms. The number of unbranched alkanes of at least 4 members (excludes halogenated alkanes) is 1. The SMILES string of the molecule is CCCCN(C)C(=O)c1cc(S(=O)(=O)Nc2ccc(C)cc2)ccc1C. The van der Waals surface area contributed by atoms with Crippen LogP contribution < -0.4 is 4.72 Å². The highest BCUT2D eigenvalue weighted by Crippen LogP contribution is 2.20. The number of hydrogen-bond acceptors (Lipinski definition) is 3. The smallest absolute Gasteiger partial charge is 0.261 e. The van der Waals surface area contributed by atoms with Crippen LogP contribution in [0.4, 0.5) is 5.69 Å². The Labute approximate surface area is 156 Å². The highest BCUT2D eigenvalue weighted by molar-refractivity contribution is 7.92. The number of anilines is 1. The van der Waals surface area contributed by atoms with Gasteiger partial charge in [-0.25, -0.2) is 8.42 Å². The molecule has 140 valence electrons. The van der Waals surface area contributed by atoms with Crippen LogP contribution in [0.5, 0.6) is 0 Å². The predicted octanol–water partition coefficient (Wildman–Crippen LogP) is 3.98. The van der Waals surface area contributed by atoms with E-state index in [0.29, 0.717) is 17.8 Å². The van der Waals surface area contributed by atoms with Crippen LogP contribution in [0.2, 0.25) is 0 Å². The van der Waals surface area contributed by atoms with Gasteiger partial charge in [0.25, 0.3) is 15.9 Å². The van der Waals surface area contributed by atoms with Crippen molar-refractivity contribution in [1.82, 2.24) is 4.90 Å². The lowest BCUT2D eigenvalue weighted by Gasteiger charge is -2.18. The van der Waals surface area contributed by atoms with Crippen molar-refractivity contribution >= 4 is 21.6 Å². The van der Waals surface area contributed by atoms with Gasteiger partial charge < -0.3 is 4.90 Å². The van der Waals surface area contributed by atoms with Crippen LogP contribution in [0, 0.1) is 13.8 Å². The maximum absolute atomic E-state index is 12.7. The monoisotopic (exact) mass is 374 g/mol. The summed E-state index contributed by atoms with van der Waals surface area (Å²) >= 11 is 0. The number of nitrogens with zero attached hydrogens (tertiary/aromatic N) is 1. The lowest BCUT2D eigenvalue weighted by molar-refractivity contribution is 0.0792. The maximum atomic E-state index is 12.7. The molecule has 0 spiro atoms. The molecule has 5 nitrogen and oxygen atoms in total. The fourth-order valence-corrected chi connectivity index (χ4v) is 3.62. The quantitative estimate of drug-likeness (QED) is 0.797. The molecule has 2 rings (SSSR count). The lowest BCUT2D eigenvalue weighted by atomic mass is 10.1. The summed E-state index contributed by atoms with van der Waals surface area (Å²) in [7, 11) is -2.02. The van der Waals surface area contributed by atoms with E-state index in [1.807, 2.05) is 26.0 Å². The molecular formula is C20H26N2O3S. The first-order valence-electron chi connectivity index (χ1n) is 8.70. The standard InChI is InChI=1S/C20H26N2O3S/c1-5-6-13-22(4)20(23)19-14-18(12-9-16(19)3)26(24,25)21-17-10-7-15(2)8-11-17/h7-12,14,21H,5-6,13H2,1-4H3. The zero-order valence-corrected chi connectivity index (χ0v) is 16.6. The number of benzene rings is 2. The first-order valence-corrected chi connectivity index (χ1v) is 10.2. The van der Waals surface area contributed by atoms with E-state index in [2.05, 4.69) is 11.6 Å². The van der Waals surface area contributed by atoms with E-state index in [0.717, 1.165) is 24.0 Å².